The molecule has 0 aliphatic carbocycles. The Morgan fingerprint density at radius 1 is 1.28 bits per heavy atom. The van der Waals surface area contributed by atoms with E-state index >= 15 is 0 Å². The molecule has 2 aromatic rings. The Hall–Kier alpha value is -1.42. The highest BCUT2D eigenvalue weighted by Crippen LogP contribution is 2.19. The number of anilines is 1. The summed E-state index contributed by atoms with van der Waals surface area (Å²) < 4.78 is 2.08. The summed E-state index contributed by atoms with van der Waals surface area (Å²) in [7, 11) is 0. The Balaban J connectivity index is 2.19. The summed E-state index contributed by atoms with van der Waals surface area (Å²) in [5.41, 5.74) is 1.14. The molecule has 0 aliphatic rings. The second-order valence-corrected chi connectivity index (χ2v) is 5.47. The lowest BCUT2D eigenvalue weighted by molar-refractivity contribution is 0.683. The van der Waals surface area contributed by atoms with Gasteiger partial charge in [0.2, 0.25) is 5.95 Å². The monoisotopic (exact) mass is 261 g/mol. The third-order valence-electron chi connectivity index (χ3n) is 2.66. The maximum absolute atomic E-state index is 4.35. The van der Waals surface area contributed by atoms with Crippen LogP contribution in [-0.2, 0) is 0 Å². The van der Waals surface area contributed by atoms with Gasteiger partial charge in [0.1, 0.15) is 0 Å². The molecule has 1 aromatic carbocycles. The Bertz CT molecular complexity index is 488. The van der Waals surface area contributed by atoms with E-state index in [2.05, 4.69) is 59.2 Å². The van der Waals surface area contributed by atoms with E-state index in [0.717, 1.165) is 18.2 Å². The van der Waals surface area contributed by atoms with Crippen molar-refractivity contribution in [3.63, 3.8) is 0 Å². The highest BCUT2D eigenvalue weighted by molar-refractivity contribution is 7.98. The van der Waals surface area contributed by atoms with Crippen LogP contribution < -0.4 is 5.32 Å². The van der Waals surface area contributed by atoms with Gasteiger partial charge < -0.3 is 5.32 Å². The van der Waals surface area contributed by atoms with Crippen LogP contribution in [0.15, 0.2) is 41.6 Å². The van der Waals surface area contributed by atoms with Crippen molar-refractivity contribution < 1.29 is 0 Å². The molecule has 0 radical (unpaired) electrons. The quantitative estimate of drug-likeness (QED) is 0.833. The van der Waals surface area contributed by atoms with Gasteiger partial charge in [-0.3, -0.25) is 4.57 Å². The minimum Gasteiger partial charge on any atom is -0.355 e. The highest BCUT2D eigenvalue weighted by Gasteiger charge is 2.05. The van der Waals surface area contributed by atoms with Crippen LogP contribution in [0.2, 0.25) is 0 Å². The topological polar surface area (TPSA) is 29.9 Å². The number of aromatic nitrogens is 2. The summed E-state index contributed by atoms with van der Waals surface area (Å²) in [6.45, 7) is 5.31. The number of nitrogens with one attached hydrogen (secondary N) is 1. The minimum atomic E-state index is 0.606. The summed E-state index contributed by atoms with van der Waals surface area (Å²) in [5, 5.41) is 3.37. The molecule has 0 unspecified atom stereocenters. The number of benzene rings is 1. The van der Waals surface area contributed by atoms with Gasteiger partial charge in [-0.25, -0.2) is 4.98 Å². The molecule has 0 amide bonds. The van der Waals surface area contributed by atoms with Gasteiger partial charge in [-0.2, -0.15) is 0 Å². The molecule has 96 valence electrons. The van der Waals surface area contributed by atoms with E-state index in [4.69, 9.17) is 0 Å². The van der Waals surface area contributed by atoms with Crippen molar-refractivity contribution in [2.45, 2.75) is 18.7 Å². The maximum atomic E-state index is 4.35. The predicted octanol–water partition coefficient (Wildman–Crippen LogP) is 3.66. The second-order valence-electron chi connectivity index (χ2n) is 4.59. The van der Waals surface area contributed by atoms with E-state index in [1.165, 1.54) is 4.90 Å². The number of hydrogen-bond acceptors (Lipinski definition) is 3. The molecule has 0 bridgehead atoms. The normalized spacial score (nSPS) is 10.9. The molecule has 0 aliphatic heterocycles. The van der Waals surface area contributed by atoms with Crippen molar-refractivity contribution in [1.82, 2.24) is 9.55 Å². The summed E-state index contributed by atoms with van der Waals surface area (Å²) in [5.74, 6) is 1.51. The summed E-state index contributed by atoms with van der Waals surface area (Å²) >= 11 is 1.75. The molecule has 0 atom stereocenters. The minimum absolute atomic E-state index is 0.606. The molecule has 1 heterocycles. The number of imidazole rings is 1. The third-order valence-corrected chi connectivity index (χ3v) is 3.40. The van der Waals surface area contributed by atoms with Crippen LogP contribution in [0.5, 0.6) is 0 Å². The van der Waals surface area contributed by atoms with Crippen LogP contribution in [0.3, 0.4) is 0 Å². The SMILES string of the molecule is CSc1ccc(-n2ccnc2NCC(C)C)cc1. The van der Waals surface area contributed by atoms with Crippen LogP contribution >= 0.6 is 11.8 Å². The number of nitrogens with zero attached hydrogens (tertiary/aromatic N) is 2. The van der Waals surface area contributed by atoms with Gasteiger partial charge in [-0.05, 0) is 36.4 Å². The van der Waals surface area contributed by atoms with Crippen LogP contribution in [-0.4, -0.2) is 22.4 Å². The lowest BCUT2D eigenvalue weighted by Crippen LogP contribution is -2.11. The fraction of sp³-hybridized carbons (Fsp3) is 0.357. The zero-order valence-corrected chi connectivity index (χ0v) is 11.9. The van der Waals surface area contributed by atoms with Crippen LogP contribution in [0.25, 0.3) is 5.69 Å². The van der Waals surface area contributed by atoms with Crippen molar-refractivity contribution in [3.8, 4) is 5.69 Å². The standard InChI is InChI=1S/C14H19N3S/c1-11(2)10-16-14-15-8-9-17(14)12-4-6-13(18-3)7-5-12/h4-9,11H,10H2,1-3H3,(H,15,16). The van der Waals surface area contributed by atoms with E-state index in [1.807, 2.05) is 12.4 Å². The van der Waals surface area contributed by atoms with Crippen molar-refractivity contribution in [1.29, 1.82) is 0 Å². The second kappa shape index (κ2) is 5.96. The predicted molar refractivity (Wildman–Crippen MR) is 78.7 cm³/mol. The first-order chi connectivity index (χ1) is 8.70. The largest absolute Gasteiger partial charge is 0.355 e. The average Bonchev–Trinajstić information content (AvgIpc) is 2.85. The Labute approximate surface area is 113 Å². The van der Waals surface area contributed by atoms with E-state index in [-0.39, 0.29) is 0 Å². The first kappa shape index (κ1) is 13.0. The van der Waals surface area contributed by atoms with Crippen LogP contribution in [0.4, 0.5) is 5.95 Å². The van der Waals surface area contributed by atoms with E-state index < -0.39 is 0 Å². The molecule has 2 rings (SSSR count). The number of thioether (sulfide) groups is 1. The maximum Gasteiger partial charge on any atom is 0.207 e. The van der Waals surface area contributed by atoms with Crippen LogP contribution in [0.1, 0.15) is 13.8 Å². The van der Waals surface area contributed by atoms with E-state index in [0.29, 0.717) is 5.92 Å². The zero-order valence-electron chi connectivity index (χ0n) is 11.1. The number of hydrogen-bond donors (Lipinski definition) is 1. The van der Waals surface area contributed by atoms with Crippen molar-refractivity contribution >= 4 is 17.7 Å². The van der Waals surface area contributed by atoms with Crippen molar-refractivity contribution in [2.75, 3.05) is 18.1 Å². The lowest BCUT2D eigenvalue weighted by atomic mass is 10.2. The third kappa shape index (κ3) is 3.07. The van der Waals surface area contributed by atoms with Gasteiger partial charge in [0.15, 0.2) is 0 Å². The lowest BCUT2D eigenvalue weighted by Gasteiger charge is -2.11. The van der Waals surface area contributed by atoms with Gasteiger partial charge in [0.05, 0.1) is 0 Å². The average molecular weight is 261 g/mol. The van der Waals surface area contributed by atoms with Gasteiger partial charge >= 0.3 is 0 Å². The first-order valence-electron chi connectivity index (χ1n) is 6.12. The first-order valence-corrected chi connectivity index (χ1v) is 7.35. The zero-order chi connectivity index (χ0) is 13.0. The summed E-state index contributed by atoms with van der Waals surface area (Å²) in [4.78, 5) is 5.63. The Morgan fingerprint density at radius 2 is 2.00 bits per heavy atom. The molecule has 0 saturated heterocycles. The highest BCUT2D eigenvalue weighted by atomic mass is 32.2. The molecule has 1 N–H and O–H groups in total. The Kier molecular flexibility index (Phi) is 4.31. The molecule has 0 saturated carbocycles. The summed E-state index contributed by atoms with van der Waals surface area (Å²) in [6.07, 6.45) is 5.89. The molecule has 0 spiro atoms. The van der Waals surface area contributed by atoms with Gasteiger partial charge in [-0.1, -0.05) is 13.8 Å². The summed E-state index contributed by atoms with van der Waals surface area (Å²) in [6, 6.07) is 8.50. The molecule has 4 heteroatoms. The fourth-order valence-electron chi connectivity index (χ4n) is 1.68. The van der Waals surface area contributed by atoms with Gasteiger partial charge in [-0.15, -0.1) is 11.8 Å². The molecular formula is C14H19N3S. The van der Waals surface area contributed by atoms with Gasteiger partial charge in [0, 0.05) is 29.5 Å². The van der Waals surface area contributed by atoms with Crippen LogP contribution in [0, 0.1) is 5.92 Å². The molecule has 1 aromatic heterocycles. The van der Waals surface area contributed by atoms with E-state index in [1.54, 1.807) is 11.8 Å². The smallest absolute Gasteiger partial charge is 0.207 e. The van der Waals surface area contributed by atoms with E-state index in [9.17, 15) is 0 Å². The van der Waals surface area contributed by atoms with Crippen molar-refractivity contribution in [3.05, 3.63) is 36.7 Å². The van der Waals surface area contributed by atoms with Gasteiger partial charge in [0.25, 0.3) is 0 Å². The van der Waals surface area contributed by atoms with Crippen molar-refractivity contribution in [2.24, 2.45) is 5.92 Å². The molecular weight excluding hydrogens is 242 g/mol. The molecule has 3 nitrogen and oxygen atoms in total. The Morgan fingerprint density at radius 3 is 2.61 bits per heavy atom. The fourth-order valence-corrected chi connectivity index (χ4v) is 2.09. The molecule has 18 heavy (non-hydrogen) atoms. The molecule has 0 fully saturated rings. The number of rotatable bonds is 5.